The van der Waals surface area contributed by atoms with E-state index < -0.39 is 0 Å². The lowest BCUT2D eigenvalue weighted by atomic mass is 10.1. The molecule has 0 fully saturated rings. The lowest BCUT2D eigenvalue weighted by Crippen LogP contribution is -2.22. The lowest BCUT2D eigenvalue weighted by molar-refractivity contribution is 0.661. The van der Waals surface area contributed by atoms with Gasteiger partial charge >= 0.3 is 0 Å². The van der Waals surface area contributed by atoms with Crippen LogP contribution >= 0.6 is 11.8 Å². The fraction of sp³-hybridized carbons (Fsp3) is 0.538. The minimum Gasteiger partial charge on any atom is -0.327 e. The summed E-state index contributed by atoms with van der Waals surface area (Å²) < 4.78 is 0. The first-order valence-electron chi connectivity index (χ1n) is 5.59. The van der Waals surface area contributed by atoms with Crippen LogP contribution in [0.25, 0.3) is 0 Å². The van der Waals surface area contributed by atoms with Crippen molar-refractivity contribution in [3.8, 4) is 0 Å². The quantitative estimate of drug-likeness (QED) is 0.773. The van der Waals surface area contributed by atoms with Crippen LogP contribution in [0, 0.1) is 13.8 Å². The summed E-state index contributed by atoms with van der Waals surface area (Å²) in [5.41, 5.74) is 8.70. The minimum atomic E-state index is 0.335. The van der Waals surface area contributed by atoms with Gasteiger partial charge in [-0.2, -0.15) is 0 Å². The summed E-state index contributed by atoms with van der Waals surface area (Å²) in [6, 6.07) is 6.95. The Labute approximate surface area is 97.4 Å². The molecule has 1 rings (SSSR count). The summed E-state index contributed by atoms with van der Waals surface area (Å²) >= 11 is 1.87. The van der Waals surface area contributed by atoms with Crippen molar-refractivity contribution in [2.24, 2.45) is 5.73 Å². The molecule has 2 heteroatoms. The molecule has 2 N–H and O–H groups in total. The topological polar surface area (TPSA) is 26.0 Å². The summed E-state index contributed by atoms with van der Waals surface area (Å²) in [6.07, 6.45) is 2.30. The lowest BCUT2D eigenvalue weighted by Gasteiger charge is -2.10. The average Bonchev–Trinajstić information content (AvgIpc) is 2.20. The molecule has 0 amide bonds. The van der Waals surface area contributed by atoms with Gasteiger partial charge in [0.1, 0.15) is 0 Å². The third-order valence-corrected chi connectivity index (χ3v) is 3.78. The van der Waals surface area contributed by atoms with Crippen LogP contribution in [0.1, 0.15) is 30.9 Å². The zero-order valence-electron chi connectivity index (χ0n) is 9.92. The maximum atomic E-state index is 5.98. The van der Waals surface area contributed by atoms with Crippen molar-refractivity contribution in [3.63, 3.8) is 0 Å². The van der Waals surface area contributed by atoms with Crippen molar-refractivity contribution >= 4 is 11.8 Å². The van der Waals surface area contributed by atoms with E-state index in [-0.39, 0.29) is 0 Å². The molecule has 0 aliphatic rings. The van der Waals surface area contributed by atoms with E-state index in [4.69, 9.17) is 5.73 Å². The molecule has 0 aliphatic carbocycles. The summed E-state index contributed by atoms with van der Waals surface area (Å²) in [6.45, 7) is 6.48. The van der Waals surface area contributed by atoms with Gasteiger partial charge in [0, 0.05) is 16.7 Å². The van der Waals surface area contributed by atoms with Crippen molar-refractivity contribution < 1.29 is 0 Å². The number of rotatable bonds is 5. The first kappa shape index (κ1) is 12.6. The standard InChI is InChI=1S/C13H21NS/c1-4-5-12(14)9-15-13-7-6-10(2)11(3)8-13/h6-8,12H,4-5,9,14H2,1-3H3. The first-order valence-corrected chi connectivity index (χ1v) is 6.57. The van der Waals surface area contributed by atoms with Gasteiger partial charge in [0.15, 0.2) is 0 Å². The van der Waals surface area contributed by atoms with E-state index in [9.17, 15) is 0 Å². The predicted octanol–water partition coefficient (Wildman–Crippen LogP) is 3.52. The smallest absolute Gasteiger partial charge is 0.0133 e. The highest BCUT2D eigenvalue weighted by Gasteiger charge is 2.03. The van der Waals surface area contributed by atoms with E-state index in [0.717, 1.165) is 12.2 Å². The molecule has 1 nitrogen and oxygen atoms in total. The Morgan fingerprint density at radius 1 is 1.27 bits per heavy atom. The number of benzene rings is 1. The first-order chi connectivity index (χ1) is 7.13. The van der Waals surface area contributed by atoms with Crippen LogP contribution in [0.4, 0.5) is 0 Å². The molecule has 0 aromatic heterocycles. The Balaban J connectivity index is 2.47. The third kappa shape index (κ3) is 4.27. The van der Waals surface area contributed by atoms with Crippen LogP contribution in [-0.2, 0) is 0 Å². The number of thioether (sulfide) groups is 1. The SMILES string of the molecule is CCCC(N)CSc1ccc(C)c(C)c1. The largest absolute Gasteiger partial charge is 0.327 e. The zero-order chi connectivity index (χ0) is 11.3. The summed E-state index contributed by atoms with van der Waals surface area (Å²) in [5, 5.41) is 0. The molecule has 0 spiro atoms. The Hall–Kier alpha value is -0.470. The van der Waals surface area contributed by atoms with Crippen molar-refractivity contribution in [3.05, 3.63) is 29.3 Å². The molecule has 0 aliphatic heterocycles. The molecule has 15 heavy (non-hydrogen) atoms. The van der Waals surface area contributed by atoms with E-state index in [1.54, 1.807) is 0 Å². The van der Waals surface area contributed by atoms with Crippen LogP contribution in [0.2, 0.25) is 0 Å². The van der Waals surface area contributed by atoms with Gasteiger partial charge in [-0.15, -0.1) is 11.8 Å². The van der Waals surface area contributed by atoms with Crippen molar-refractivity contribution in [2.75, 3.05) is 5.75 Å². The molecule has 0 saturated heterocycles. The number of aryl methyl sites for hydroxylation is 2. The minimum absolute atomic E-state index is 0.335. The molecule has 0 radical (unpaired) electrons. The molecule has 0 saturated carbocycles. The average molecular weight is 223 g/mol. The van der Waals surface area contributed by atoms with E-state index >= 15 is 0 Å². The predicted molar refractivity (Wildman–Crippen MR) is 69.5 cm³/mol. The fourth-order valence-corrected chi connectivity index (χ4v) is 2.46. The monoisotopic (exact) mass is 223 g/mol. The van der Waals surface area contributed by atoms with E-state index in [1.165, 1.54) is 22.4 Å². The van der Waals surface area contributed by atoms with Crippen molar-refractivity contribution in [2.45, 2.75) is 44.6 Å². The summed E-state index contributed by atoms with van der Waals surface area (Å²) in [7, 11) is 0. The van der Waals surface area contributed by atoms with E-state index in [2.05, 4.69) is 39.0 Å². The Kier molecular flexibility index (Phi) is 5.20. The van der Waals surface area contributed by atoms with Crippen molar-refractivity contribution in [1.82, 2.24) is 0 Å². The highest BCUT2D eigenvalue weighted by atomic mass is 32.2. The van der Waals surface area contributed by atoms with Gasteiger partial charge in [0.25, 0.3) is 0 Å². The summed E-state index contributed by atoms with van der Waals surface area (Å²) in [5.74, 6) is 1.02. The van der Waals surface area contributed by atoms with Crippen LogP contribution in [0.5, 0.6) is 0 Å². The molecular weight excluding hydrogens is 202 g/mol. The second-order valence-corrected chi connectivity index (χ2v) is 5.20. The Bertz CT molecular complexity index is 309. The molecule has 0 heterocycles. The van der Waals surface area contributed by atoms with Gasteiger partial charge in [-0.05, 0) is 43.5 Å². The Morgan fingerprint density at radius 3 is 2.60 bits per heavy atom. The van der Waals surface area contributed by atoms with Gasteiger partial charge in [-0.1, -0.05) is 19.4 Å². The molecule has 1 aromatic rings. The van der Waals surface area contributed by atoms with Crippen LogP contribution in [0.3, 0.4) is 0 Å². The number of hydrogen-bond acceptors (Lipinski definition) is 2. The van der Waals surface area contributed by atoms with Gasteiger partial charge in [-0.3, -0.25) is 0 Å². The molecule has 84 valence electrons. The summed E-state index contributed by atoms with van der Waals surface area (Å²) in [4.78, 5) is 1.34. The molecule has 1 unspecified atom stereocenters. The van der Waals surface area contributed by atoms with Crippen LogP contribution in [0.15, 0.2) is 23.1 Å². The second kappa shape index (κ2) is 6.19. The highest BCUT2D eigenvalue weighted by Crippen LogP contribution is 2.21. The third-order valence-electron chi connectivity index (χ3n) is 2.60. The van der Waals surface area contributed by atoms with Gasteiger partial charge in [-0.25, -0.2) is 0 Å². The maximum Gasteiger partial charge on any atom is 0.0133 e. The fourth-order valence-electron chi connectivity index (χ4n) is 1.46. The second-order valence-electron chi connectivity index (χ2n) is 4.11. The van der Waals surface area contributed by atoms with Crippen molar-refractivity contribution in [1.29, 1.82) is 0 Å². The Morgan fingerprint density at radius 2 is 2.00 bits per heavy atom. The number of nitrogens with two attached hydrogens (primary N) is 1. The zero-order valence-corrected chi connectivity index (χ0v) is 10.7. The molecule has 0 bridgehead atoms. The van der Waals surface area contributed by atoms with Gasteiger partial charge in [0.05, 0.1) is 0 Å². The van der Waals surface area contributed by atoms with Crippen LogP contribution < -0.4 is 5.73 Å². The highest BCUT2D eigenvalue weighted by molar-refractivity contribution is 7.99. The van der Waals surface area contributed by atoms with Gasteiger partial charge in [0.2, 0.25) is 0 Å². The molecule has 1 aromatic carbocycles. The van der Waals surface area contributed by atoms with Gasteiger partial charge < -0.3 is 5.73 Å². The molecule has 1 atom stereocenters. The number of hydrogen-bond donors (Lipinski definition) is 1. The maximum absolute atomic E-state index is 5.98. The van der Waals surface area contributed by atoms with E-state index in [0.29, 0.717) is 6.04 Å². The normalized spacial score (nSPS) is 12.8. The van der Waals surface area contributed by atoms with E-state index in [1.807, 2.05) is 11.8 Å². The van der Waals surface area contributed by atoms with Crippen LogP contribution in [-0.4, -0.2) is 11.8 Å². The molecular formula is C13H21NS.